The SMILES string of the molecule is CCO/N=C\c1c[c]ccc1. The van der Waals surface area contributed by atoms with Gasteiger partial charge in [0, 0.05) is 0 Å². The molecule has 0 saturated heterocycles. The molecule has 0 aliphatic carbocycles. The van der Waals surface area contributed by atoms with Crippen LogP contribution < -0.4 is 0 Å². The summed E-state index contributed by atoms with van der Waals surface area (Å²) in [4.78, 5) is 4.79. The molecule has 2 nitrogen and oxygen atoms in total. The van der Waals surface area contributed by atoms with Crippen LogP contribution >= 0.6 is 0 Å². The Bertz CT molecular complexity index is 218. The second-order valence-electron chi connectivity index (χ2n) is 1.99. The van der Waals surface area contributed by atoms with Gasteiger partial charge in [0.05, 0.1) is 6.21 Å². The van der Waals surface area contributed by atoms with Gasteiger partial charge in [-0.25, -0.2) is 0 Å². The summed E-state index contributed by atoms with van der Waals surface area (Å²) in [6, 6.07) is 10.5. The van der Waals surface area contributed by atoms with Crippen LogP contribution in [-0.4, -0.2) is 12.8 Å². The zero-order valence-electron chi connectivity index (χ0n) is 6.45. The fourth-order valence-electron chi connectivity index (χ4n) is 0.660. The number of oxime groups is 1. The maximum atomic E-state index is 4.79. The third-order valence-corrected chi connectivity index (χ3v) is 1.14. The van der Waals surface area contributed by atoms with Crippen molar-refractivity contribution in [2.75, 3.05) is 6.61 Å². The van der Waals surface area contributed by atoms with Crippen molar-refractivity contribution in [3.8, 4) is 0 Å². The molecule has 0 spiro atoms. The third kappa shape index (κ3) is 2.85. The van der Waals surface area contributed by atoms with E-state index >= 15 is 0 Å². The van der Waals surface area contributed by atoms with Crippen molar-refractivity contribution in [3.05, 3.63) is 35.9 Å². The van der Waals surface area contributed by atoms with Crippen molar-refractivity contribution in [1.29, 1.82) is 0 Å². The number of hydrogen-bond acceptors (Lipinski definition) is 2. The lowest BCUT2D eigenvalue weighted by Crippen LogP contribution is -1.82. The van der Waals surface area contributed by atoms with Crippen LogP contribution in [0.2, 0.25) is 0 Å². The van der Waals surface area contributed by atoms with E-state index in [1.54, 1.807) is 6.21 Å². The molecule has 2 heteroatoms. The topological polar surface area (TPSA) is 21.6 Å². The first-order chi connectivity index (χ1) is 5.43. The average molecular weight is 148 g/mol. The van der Waals surface area contributed by atoms with Crippen molar-refractivity contribution in [2.45, 2.75) is 6.92 Å². The van der Waals surface area contributed by atoms with Gasteiger partial charge < -0.3 is 4.84 Å². The van der Waals surface area contributed by atoms with Crippen molar-refractivity contribution >= 4 is 6.21 Å². The minimum Gasteiger partial charge on any atom is -0.396 e. The predicted octanol–water partition coefficient (Wildman–Crippen LogP) is 1.86. The van der Waals surface area contributed by atoms with Crippen molar-refractivity contribution in [3.63, 3.8) is 0 Å². The number of nitrogens with zero attached hydrogens (tertiary/aromatic N) is 1. The summed E-state index contributed by atoms with van der Waals surface area (Å²) in [5.41, 5.74) is 1.00. The maximum Gasteiger partial charge on any atom is 0.114 e. The normalized spacial score (nSPS) is 10.3. The van der Waals surface area contributed by atoms with Gasteiger partial charge >= 0.3 is 0 Å². The fourth-order valence-corrected chi connectivity index (χ4v) is 0.660. The first kappa shape index (κ1) is 7.79. The lowest BCUT2D eigenvalue weighted by molar-refractivity contribution is 0.160. The van der Waals surface area contributed by atoms with Crippen LogP contribution in [0, 0.1) is 6.07 Å². The highest BCUT2D eigenvalue weighted by atomic mass is 16.6. The Morgan fingerprint density at radius 2 is 2.64 bits per heavy atom. The summed E-state index contributed by atoms with van der Waals surface area (Å²) >= 11 is 0. The molecular formula is C9H10NO. The summed E-state index contributed by atoms with van der Waals surface area (Å²) in [5, 5.41) is 3.72. The molecular weight excluding hydrogens is 138 g/mol. The third-order valence-electron chi connectivity index (χ3n) is 1.14. The molecule has 57 valence electrons. The molecule has 0 atom stereocenters. The molecule has 0 aliphatic heterocycles. The van der Waals surface area contributed by atoms with Crippen LogP contribution in [-0.2, 0) is 4.84 Å². The molecule has 0 heterocycles. The molecule has 1 aromatic carbocycles. The van der Waals surface area contributed by atoms with Crippen molar-refractivity contribution in [1.82, 2.24) is 0 Å². The number of rotatable bonds is 3. The van der Waals surface area contributed by atoms with Crippen LogP contribution in [0.15, 0.2) is 29.4 Å². The molecule has 1 rings (SSSR count). The van der Waals surface area contributed by atoms with Gasteiger partial charge in [0.1, 0.15) is 6.61 Å². The highest BCUT2D eigenvalue weighted by Crippen LogP contribution is 1.92. The van der Waals surface area contributed by atoms with Crippen molar-refractivity contribution < 1.29 is 4.84 Å². The minimum absolute atomic E-state index is 0.604. The molecule has 11 heavy (non-hydrogen) atoms. The lowest BCUT2D eigenvalue weighted by Gasteiger charge is -1.90. The van der Waals surface area contributed by atoms with E-state index in [0.29, 0.717) is 6.61 Å². The van der Waals surface area contributed by atoms with Gasteiger partial charge in [-0.1, -0.05) is 23.4 Å². The summed E-state index contributed by atoms with van der Waals surface area (Å²) in [6.07, 6.45) is 1.67. The number of benzene rings is 1. The molecule has 0 amide bonds. The standard InChI is InChI=1S/C9H10NO/c1-2-11-10-8-9-6-4-3-5-7-9/h3-4,6-8H,2H2,1H3/b10-8-. The largest absolute Gasteiger partial charge is 0.396 e. The van der Waals surface area contributed by atoms with E-state index in [9.17, 15) is 0 Å². The summed E-state index contributed by atoms with van der Waals surface area (Å²) in [5.74, 6) is 0. The van der Waals surface area contributed by atoms with E-state index in [1.807, 2.05) is 31.2 Å². The molecule has 0 bridgehead atoms. The maximum absolute atomic E-state index is 4.79. The van der Waals surface area contributed by atoms with Crippen LogP contribution in [0.3, 0.4) is 0 Å². The molecule has 0 N–H and O–H groups in total. The quantitative estimate of drug-likeness (QED) is 0.473. The van der Waals surface area contributed by atoms with E-state index in [4.69, 9.17) is 4.84 Å². The van der Waals surface area contributed by atoms with Crippen molar-refractivity contribution in [2.24, 2.45) is 5.16 Å². The molecule has 0 fully saturated rings. The van der Waals surface area contributed by atoms with Gasteiger partial charge in [-0.2, -0.15) is 0 Å². The molecule has 1 radical (unpaired) electrons. The predicted molar refractivity (Wildman–Crippen MR) is 44.5 cm³/mol. The van der Waals surface area contributed by atoms with Gasteiger partial charge in [0.25, 0.3) is 0 Å². The smallest absolute Gasteiger partial charge is 0.114 e. The second kappa shape index (κ2) is 4.50. The highest BCUT2D eigenvalue weighted by Gasteiger charge is 1.82. The van der Waals surface area contributed by atoms with E-state index in [0.717, 1.165) is 5.56 Å². The lowest BCUT2D eigenvalue weighted by atomic mass is 10.2. The first-order valence-electron chi connectivity index (χ1n) is 3.55. The van der Waals surface area contributed by atoms with Gasteiger partial charge in [0.2, 0.25) is 0 Å². The zero-order valence-corrected chi connectivity index (χ0v) is 6.45. The Morgan fingerprint density at radius 3 is 3.27 bits per heavy atom. The Balaban J connectivity index is 2.50. The molecule has 0 aliphatic rings. The minimum atomic E-state index is 0.604. The zero-order chi connectivity index (χ0) is 7.94. The van der Waals surface area contributed by atoms with Crippen LogP contribution in [0.5, 0.6) is 0 Å². The van der Waals surface area contributed by atoms with Crippen LogP contribution in [0.4, 0.5) is 0 Å². The van der Waals surface area contributed by atoms with E-state index in [-0.39, 0.29) is 0 Å². The molecule has 0 saturated carbocycles. The van der Waals surface area contributed by atoms with E-state index < -0.39 is 0 Å². The first-order valence-corrected chi connectivity index (χ1v) is 3.55. The summed E-state index contributed by atoms with van der Waals surface area (Å²) < 4.78 is 0. The summed E-state index contributed by atoms with van der Waals surface area (Å²) in [6.45, 7) is 2.50. The molecule has 0 aromatic heterocycles. The van der Waals surface area contributed by atoms with Crippen LogP contribution in [0.1, 0.15) is 12.5 Å². The van der Waals surface area contributed by atoms with Gasteiger partial charge in [-0.3, -0.25) is 0 Å². The van der Waals surface area contributed by atoms with Gasteiger partial charge in [0.15, 0.2) is 0 Å². The van der Waals surface area contributed by atoms with Crippen LogP contribution in [0.25, 0.3) is 0 Å². The monoisotopic (exact) mass is 148 g/mol. The Hall–Kier alpha value is -1.31. The van der Waals surface area contributed by atoms with E-state index in [1.165, 1.54) is 0 Å². The van der Waals surface area contributed by atoms with Gasteiger partial charge in [-0.05, 0) is 24.6 Å². The Morgan fingerprint density at radius 1 is 1.73 bits per heavy atom. The average Bonchev–Trinajstić information content (AvgIpc) is 2.07. The molecule has 0 unspecified atom stereocenters. The Kier molecular flexibility index (Phi) is 3.19. The fraction of sp³-hybridized carbons (Fsp3) is 0.222. The number of hydrogen-bond donors (Lipinski definition) is 0. The van der Waals surface area contributed by atoms with Gasteiger partial charge in [-0.15, -0.1) is 0 Å². The van der Waals surface area contributed by atoms with E-state index in [2.05, 4.69) is 11.2 Å². The second-order valence-corrected chi connectivity index (χ2v) is 1.99. The Labute approximate surface area is 66.5 Å². The highest BCUT2D eigenvalue weighted by molar-refractivity contribution is 5.78. The summed E-state index contributed by atoms with van der Waals surface area (Å²) in [7, 11) is 0. The molecule has 1 aromatic rings.